The molecule has 1 amide bonds. The fraction of sp³-hybridized carbons (Fsp3) is 0.261. The van der Waals surface area contributed by atoms with Gasteiger partial charge in [0, 0.05) is 49.0 Å². The highest BCUT2D eigenvalue weighted by atomic mass is 16.5. The van der Waals surface area contributed by atoms with Gasteiger partial charge in [-0.3, -0.25) is 9.78 Å². The van der Waals surface area contributed by atoms with E-state index in [-0.39, 0.29) is 5.91 Å². The van der Waals surface area contributed by atoms with Crippen LogP contribution in [-0.2, 0) is 11.8 Å². The zero-order chi connectivity index (χ0) is 22.1. The topological polar surface area (TPSA) is 98.1 Å². The third kappa shape index (κ3) is 3.90. The summed E-state index contributed by atoms with van der Waals surface area (Å²) in [5.74, 6) is 1.93. The van der Waals surface area contributed by atoms with Crippen LogP contribution in [-0.4, -0.2) is 56.7 Å². The number of hydrogen-bond donors (Lipinski definition) is 1. The predicted molar refractivity (Wildman–Crippen MR) is 122 cm³/mol. The van der Waals surface area contributed by atoms with Gasteiger partial charge in [0.1, 0.15) is 17.5 Å². The van der Waals surface area contributed by atoms with Crippen molar-refractivity contribution in [2.45, 2.75) is 6.92 Å². The first-order chi connectivity index (χ1) is 15.6. The Morgan fingerprint density at radius 2 is 1.88 bits per heavy atom. The molecule has 0 spiro atoms. The van der Waals surface area contributed by atoms with Gasteiger partial charge in [-0.25, -0.2) is 15.0 Å². The Kier molecular flexibility index (Phi) is 5.24. The molecule has 0 bridgehead atoms. The summed E-state index contributed by atoms with van der Waals surface area (Å²) in [5.41, 5.74) is 3.21. The van der Waals surface area contributed by atoms with E-state index >= 15 is 0 Å². The molecule has 0 unspecified atom stereocenters. The SMILES string of the molecule is Cc1ncc(-c2cnc3cnc(NC(=O)c4ccnc(N5CCOCC5)c4)cc3c2)n1C. The van der Waals surface area contributed by atoms with Crippen LogP contribution in [0.2, 0.25) is 0 Å². The molecule has 1 aliphatic rings. The van der Waals surface area contributed by atoms with E-state index in [4.69, 9.17) is 4.74 Å². The monoisotopic (exact) mass is 429 g/mol. The molecule has 4 aromatic heterocycles. The van der Waals surface area contributed by atoms with Crippen LogP contribution in [0.5, 0.6) is 0 Å². The Morgan fingerprint density at radius 3 is 2.66 bits per heavy atom. The number of imidazole rings is 1. The van der Waals surface area contributed by atoms with Gasteiger partial charge >= 0.3 is 0 Å². The molecule has 9 nitrogen and oxygen atoms in total. The van der Waals surface area contributed by atoms with E-state index in [2.05, 4.69) is 30.2 Å². The summed E-state index contributed by atoms with van der Waals surface area (Å²) < 4.78 is 7.41. The number of nitrogens with one attached hydrogen (secondary N) is 1. The maximum atomic E-state index is 12.9. The molecule has 162 valence electrons. The lowest BCUT2D eigenvalue weighted by Crippen LogP contribution is -2.36. The number of fused-ring (bicyclic) bond motifs is 1. The molecule has 9 heteroatoms. The number of pyridine rings is 3. The van der Waals surface area contributed by atoms with Crippen molar-refractivity contribution in [2.24, 2.45) is 7.05 Å². The number of nitrogens with zero attached hydrogens (tertiary/aromatic N) is 6. The van der Waals surface area contributed by atoms with Gasteiger partial charge in [-0.05, 0) is 31.2 Å². The van der Waals surface area contributed by atoms with Crippen molar-refractivity contribution in [3.05, 3.63) is 60.4 Å². The first kappa shape index (κ1) is 20.1. The highest BCUT2D eigenvalue weighted by Gasteiger charge is 2.15. The smallest absolute Gasteiger partial charge is 0.257 e. The van der Waals surface area contributed by atoms with Gasteiger partial charge in [0.25, 0.3) is 5.91 Å². The van der Waals surface area contributed by atoms with Crippen molar-refractivity contribution in [3.8, 4) is 11.3 Å². The Hall–Kier alpha value is -3.85. The van der Waals surface area contributed by atoms with Gasteiger partial charge in [-0.2, -0.15) is 0 Å². The Labute approximate surface area is 185 Å². The van der Waals surface area contributed by atoms with Crippen LogP contribution in [0.15, 0.2) is 49.1 Å². The number of morpholine rings is 1. The fourth-order valence-corrected chi connectivity index (χ4v) is 3.72. The molecule has 0 radical (unpaired) electrons. The van der Waals surface area contributed by atoms with Crippen LogP contribution in [0, 0.1) is 6.92 Å². The number of hydrogen-bond acceptors (Lipinski definition) is 7. The molecule has 1 N–H and O–H groups in total. The number of aromatic nitrogens is 5. The third-order valence-corrected chi connectivity index (χ3v) is 5.67. The van der Waals surface area contributed by atoms with E-state index in [1.807, 2.05) is 43.1 Å². The van der Waals surface area contributed by atoms with Crippen LogP contribution >= 0.6 is 0 Å². The predicted octanol–water partition coefficient (Wildman–Crippen LogP) is 2.82. The van der Waals surface area contributed by atoms with E-state index in [0.29, 0.717) is 24.6 Å². The van der Waals surface area contributed by atoms with Gasteiger partial charge in [0.05, 0.1) is 36.8 Å². The van der Waals surface area contributed by atoms with Crippen molar-refractivity contribution in [3.63, 3.8) is 0 Å². The number of anilines is 2. The normalized spacial score (nSPS) is 14.0. The van der Waals surface area contributed by atoms with Crippen LogP contribution in [0.1, 0.15) is 16.2 Å². The number of carbonyl (C=O) groups excluding carboxylic acids is 1. The van der Waals surface area contributed by atoms with Gasteiger partial charge in [-0.1, -0.05) is 0 Å². The molecule has 1 aliphatic heterocycles. The first-order valence-electron chi connectivity index (χ1n) is 10.4. The quantitative estimate of drug-likeness (QED) is 0.533. The fourth-order valence-electron chi connectivity index (χ4n) is 3.72. The van der Waals surface area contributed by atoms with Crippen molar-refractivity contribution < 1.29 is 9.53 Å². The number of aryl methyl sites for hydroxylation is 1. The highest BCUT2D eigenvalue weighted by molar-refractivity contribution is 6.04. The first-order valence-corrected chi connectivity index (χ1v) is 10.4. The van der Waals surface area contributed by atoms with Gasteiger partial charge in [0.15, 0.2) is 0 Å². The van der Waals surface area contributed by atoms with Crippen molar-refractivity contribution in [1.82, 2.24) is 24.5 Å². The Balaban J connectivity index is 1.39. The van der Waals surface area contributed by atoms with E-state index in [9.17, 15) is 4.79 Å². The second kappa shape index (κ2) is 8.35. The lowest BCUT2D eigenvalue weighted by atomic mass is 10.1. The molecular formula is C23H23N7O2. The standard InChI is InChI=1S/C23H23N7O2/c1-15-25-14-20(29(15)2)18-9-17-10-21(27-13-19(17)26-12-18)28-23(31)16-3-4-24-22(11-16)30-5-7-32-8-6-30/h3-4,9-14H,5-8H2,1-2H3,(H,27,28,31). The molecule has 1 saturated heterocycles. The minimum atomic E-state index is -0.236. The van der Waals surface area contributed by atoms with E-state index in [0.717, 1.165) is 46.9 Å². The average Bonchev–Trinajstić information content (AvgIpc) is 3.17. The number of rotatable bonds is 4. The summed E-state index contributed by atoms with van der Waals surface area (Å²) >= 11 is 0. The lowest BCUT2D eigenvalue weighted by molar-refractivity contribution is 0.102. The van der Waals surface area contributed by atoms with Crippen molar-refractivity contribution >= 4 is 28.4 Å². The van der Waals surface area contributed by atoms with Crippen LogP contribution < -0.4 is 10.2 Å². The zero-order valence-corrected chi connectivity index (χ0v) is 17.9. The van der Waals surface area contributed by atoms with E-state index < -0.39 is 0 Å². The second-order valence-corrected chi connectivity index (χ2v) is 7.69. The van der Waals surface area contributed by atoms with Gasteiger partial charge < -0.3 is 19.5 Å². The summed E-state index contributed by atoms with van der Waals surface area (Å²) in [6, 6.07) is 7.35. The van der Waals surface area contributed by atoms with E-state index in [1.54, 1.807) is 24.5 Å². The Morgan fingerprint density at radius 1 is 1.03 bits per heavy atom. The van der Waals surface area contributed by atoms with Crippen molar-refractivity contribution in [1.29, 1.82) is 0 Å². The van der Waals surface area contributed by atoms with Crippen LogP contribution in [0.3, 0.4) is 0 Å². The van der Waals surface area contributed by atoms with Gasteiger partial charge in [0.2, 0.25) is 0 Å². The lowest BCUT2D eigenvalue weighted by Gasteiger charge is -2.27. The molecule has 4 aromatic rings. The van der Waals surface area contributed by atoms with Crippen LogP contribution in [0.25, 0.3) is 22.2 Å². The summed E-state index contributed by atoms with van der Waals surface area (Å²) in [7, 11) is 1.97. The van der Waals surface area contributed by atoms with Gasteiger partial charge in [-0.15, -0.1) is 0 Å². The third-order valence-electron chi connectivity index (χ3n) is 5.67. The second-order valence-electron chi connectivity index (χ2n) is 7.69. The zero-order valence-electron chi connectivity index (χ0n) is 17.9. The molecular weight excluding hydrogens is 406 g/mol. The summed E-state index contributed by atoms with van der Waals surface area (Å²) in [6.45, 7) is 4.80. The largest absolute Gasteiger partial charge is 0.378 e. The van der Waals surface area contributed by atoms with Crippen LogP contribution in [0.4, 0.5) is 11.6 Å². The number of carbonyl (C=O) groups is 1. The highest BCUT2D eigenvalue weighted by Crippen LogP contribution is 2.24. The molecule has 5 rings (SSSR count). The molecule has 5 heterocycles. The number of ether oxygens (including phenoxy) is 1. The Bertz CT molecular complexity index is 1290. The molecule has 0 aliphatic carbocycles. The molecule has 32 heavy (non-hydrogen) atoms. The van der Waals surface area contributed by atoms with E-state index in [1.165, 1.54) is 0 Å². The molecule has 0 saturated carbocycles. The summed E-state index contributed by atoms with van der Waals surface area (Å²) in [5, 5.41) is 3.77. The maximum absolute atomic E-state index is 12.9. The average molecular weight is 429 g/mol. The molecule has 0 aromatic carbocycles. The molecule has 0 atom stereocenters. The summed E-state index contributed by atoms with van der Waals surface area (Å²) in [6.07, 6.45) is 6.95. The summed E-state index contributed by atoms with van der Waals surface area (Å²) in [4.78, 5) is 32.6. The maximum Gasteiger partial charge on any atom is 0.257 e. The van der Waals surface area contributed by atoms with Crippen molar-refractivity contribution in [2.75, 3.05) is 36.5 Å². The molecule has 1 fully saturated rings. The minimum absolute atomic E-state index is 0.236. The number of amides is 1. The minimum Gasteiger partial charge on any atom is -0.378 e.